The van der Waals surface area contributed by atoms with Crippen molar-refractivity contribution >= 4 is 29.0 Å². The molecule has 1 aromatic heterocycles. The van der Waals surface area contributed by atoms with E-state index in [4.69, 9.17) is 16.3 Å². The van der Waals surface area contributed by atoms with Gasteiger partial charge < -0.3 is 19.4 Å². The number of nitrogens with zero attached hydrogens (tertiary/aromatic N) is 5. The molecule has 27 heavy (non-hydrogen) atoms. The van der Waals surface area contributed by atoms with Crippen molar-refractivity contribution in [2.45, 2.75) is 0 Å². The first-order chi connectivity index (χ1) is 13.2. The fraction of sp³-hybridized carbons (Fsp3) is 0.421. The fourth-order valence-corrected chi connectivity index (χ4v) is 3.53. The molecule has 2 fully saturated rings. The molecule has 2 aliphatic heterocycles. The van der Waals surface area contributed by atoms with Gasteiger partial charge in [0.25, 0.3) is 5.91 Å². The lowest BCUT2D eigenvalue weighted by atomic mass is 10.2. The zero-order valence-corrected chi connectivity index (χ0v) is 15.8. The quantitative estimate of drug-likeness (QED) is 0.802. The highest BCUT2D eigenvalue weighted by Crippen LogP contribution is 2.21. The van der Waals surface area contributed by atoms with Crippen LogP contribution >= 0.6 is 11.6 Å². The Kier molecular flexibility index (Phi) is 5.40. The summed E-state index contributed by atoms with van der Waals surface area (Å²) in [4.78, 5) is 19.0. The molecule has 1 amide bonds. The minimum absolute atomic E-state index is 0.0412. The largest absolute Gasteiger partial charge is 0.378 e. The number of rotatable bonds is 3. The van der Waals surface area contributed by atoms with Crippen LogP contribution in [0.1, 0.15) is 10.4 Å². The number of halogens is 1. The van der Waals surface area contributed by atoms with E-state index in [1.54, 1.807) is 30.5 Å². The smallest absolute Gasteiger partial charge is 0.253 e. The van der Waals surface area contributed by atoms with Gasteiger partial charge in [0.15, 0.2) is 5.82 Å². The van der Waals surface area contributed by atoms with Crippen molar-refractivity contribution in [3.63, 3.8) is 0 Å². The van der Waals surface area contributed by atoms with Crippen molar-refractivity contribution in [1.82, 2.24) is 15.1 Å². The summed E-state index contributed by atoms with van der Waals surface area (Å²) in [5, 5.41) is 9.11. The van der Waals surface area contributed by atoms with Crippen molar-refractivity contribution in [2.75, 3.05) is 62.3 Å². The van der Waals surface area contributed by atoms with Crippen molar-refractivity contribution in [3.05, 3.63) is 47.1 Å². The third-order valence-corrected chi connectivity index (χ3v) is 5.24. The van der Waals surface area contributed by atoms with E-state index in [1.807, 2.05) is 4.90 Å². The maximum Gasteiger partial charge on any atom is 0.253 e. The molecule has 0 saturated carbocycles. The normalized spacial score (nSPS) is 17.9. The molecule has 2 aromatic rings. The number of morpholine rings is 1. The first-order valence-corrected chi connectivity index (χ1v) is 9.54. The van der Waals surface area contributed by atoms with Crippen LogP contribution < -0.4 is 9.80 Å². The second-order valence-corrected chi connectivity index (χ2v) is 7.09. The number of amides is 1. The Morgan fingerprint density at radius 3 is 2.37 bits per heavy atom. The van der Waals surface area contributed by atoms with Gasteiger partial charge in [-0.15, -0.1) is 5.10 Å². The molecule has 0 spiro atoms. The van der Waals surface area contributed by atoms with E-state index in [2.05, 4.69) is 26.1 Å². The summed E-state index contributed by atoms with van der Waals surface area (Å²) >= 11 is 5.90. The fourth-order valence-electron chi connectivity index (χ4n) is 3.41. The Morgan fingerprint density at radius 2 is 1.67 bits per heavy atom. The summed E-state index contributed by atoms with van der Waals surface area (Å²) in [6.07, 6.45) is 1.80. The van der Waals surface area contributed by atoms with Gasteiger partial charge in [-0.1, -0.05) is 11.6 Å². The minimum atomic E-state index is 0.0412. The van der Waals surface area contributed by atoms with Crippen LogP contribution in [0.3, 0.4) is 0 Å². The molecule has 0 unspecified atom stereocenters. The van der Waals surface area contributed by atoms with Gasteiger partial charge in [-0.05, 0) is 24.3 Å². The average molecular weight is 388 g/mol. The average Bonchev–Trinajstić information content (AvgIpc) is 2.75. The zero-order chi connectivity index (χ0) is 18.6. The van der Waals surface area contributed by atoms with E-state index < -0.39 is 0 Å². The van der Waals surface area contributed by atoms with Crippen LogP contribution in [0.2, 0.25) is 5.02 Å². The Bertz CT molecular complexity index is 787. The Hall–Kier alpha value is -2.38. The van der Waals surface area contributed by atoms with Gasteiger partial charge in [-0.2, -0.15) is 5.10 Å². The Morgan fingerprint density at radius 1 is 0.963 bits per heavy atom. The van der Waals surface area contributed by atoms with Gasteiger partial charge in [-0.25, -0.2) is 0 Å². The second-order valence-electron chi connectivity index (χ2n) is 6.66. The van der Waals surface area contributed by atoms with Crippen molar-refractivity contribution < 1.29 is 9.53 Å². The van der Waals surface area contributed by atoms with E-state index in [0.717, 1.165) is 50.9 Å². The Labute approximate surface area is 163 Å². The molecular formula is C19H22ClN5O2. The van der Waals surface area contributed by atoms with Crippen molar-refractivity contribution in [2.24, 2.45) is 0 Å². The highest BCUT2D eigenvalue weighted by molar-refractivity contribution is 6.30. The molecule has 0 N–H and O–H groups in total. The first kappa shape index (κ1) is 18.0. The second kappa shape index (κ2) is 8.10. The van der Waals surface area contributed by atoms with E-state index in [1.165, 1.54) is 0 Å². The highest BCUT2D eigenvalue weighted by Gasteiger charge is 2.23. The number of piperazine rings is 1. The molecular weight excluding hydrogens is 366 g/mol. The molecule has 3 heterocycles. The molecule has 2 aliphatic rings. The Balaban J connectivity index is 1.39. The van der Waals surface area contributed by atoms with Gasteiger partial charge in [0.2, 0.25) is 0 Å². The molecule has 8 heteroatoms. The van der Waals surface area contributed by atoms with Crippen LogP contribution in [0.4, 0.5) is 11.5 Å². The predicted octanol–water partition coefficient (Wildman–Crippen LogP) is 1.93. The van der Waals surface area contributed by atoms with E-state index in [-0.39, 0.29) is 5.91 Å². The predicted molar refractivity (Wildman–Crippen MR) is 105 cm³/mol. The summed E-state index contributed by atoms with van der Waals surface area (Å²) in [6, 6.07) is 9.12. The maximum absolute atomic E-state index is 12.6. The first-order valence-electron chi connectivity index (χ1n) is 9.16. The van der Waals surface area contributed by atoms with Crippen LogP contribution in [0.15, 0.2) is 36.5 Å². The standard InChI is InChI=1S/C19H22ClN5O2/c20-16-3-1-15(2-4-16)19(26)25-7-5-24(6-8-25)18-13-17(14-21-22-18)23-9-11-27-12-10-23/h1-4,13-14H,5-12H2. The number of carbonyl (C=O) groups is 1. The molecule has 2 saturated heterocycles. The van der Waals surface area contributed by atoms with E-state index in [0.29, 0.717) is 23.7 Å². The monoisotopic (exact) mass is 387 g/mol. The van der Waals surface area contributed by atoms with Crippen LogP contribution in [0.5, 0.6) is 0 Å². The van der Waals surface area contributed by atoms with Crippen LogP contribution in [0.25, 0.3) is 0 Å². The molecule has 0 bridgehead atoms. The molecule has 0 atom stereocenters. The van der Waals surface area contributed by atoms with E-state index >= 15 is 0 Å². The number of hydrogen-bond donors (Lipinski definition) is 0. The highest BCUT2D eigenvalue weighted by atomic mass is 35.5. The molecule has 0 radical (unpaired) electrons. The number of ether oxygens (including phenoxy) is 1. The van der Waals surface area contributed by atoms with Crippen molar-refractivity contribution in [3.8, 4) is 0 Å². The van der Waals surface area contributed by atoms with Crippen molar-refractivity contribution in [1.29, 1.82) is 0 Å². The third-order valence-electron chi connectivity index (χ3n) is 4.99. The lowest BCUT2D eigenvalue weighted by Gasteiger charge is -2.36. The lowest BCUT2D eigenvalue weighted by Crippen LogP contribution is -2.49. The number of aromatic nitrogens is 2. The van der Waals surface area contributed by atoms with Crippen LogP contribution in [-0.2, 0) is 4.74 Å². The zero-order valence-electron chi connectivity index (χ0n) is 15.1. The summed E-state index contributed by atoms with van der Waals surface area (Å²) in [7, 11) is 0. The van der Waals surface area contributed by atoms with Gasteiger partial charge in [0.05, 0.1) is 25.1 Å². The van der Waals surface area contributed by atoms with Gasteiger partial charge >= 0.3 is 0 Å². The SMILES string of the molecule is O=C(c1ccc(Cl)cc1)N1CCN(c2cc(N3CCOCC3)cnn2)CC1. The number of carbonyl (C=O) groups excluding carboxylic acids is 1. The molecule has 142 valence electrons. The summed E-state index contributed by atoms with van der Waals surface area (Å²) < 4.78 is 5.41. The molecule has 4 rings (SSSR count). The van der Waals surface area contributed by atoms with E-state index in [9.17, 15) is 4.79 Å². The molecule has 0 aliphatic carbocycles. The lowest BCUT2D eigenvalue weighted by molar-refractivity contribution is 0.0746. The summed E-state index contributed by atoms with van der Waals surface area (Å²) in [5.74, 6) is 0.900. The van der Waals surface area contributed by atoms with Crippen LogP contribution in [0, 0.1) is 0 Å². The van der Waals surface area contributed by atoms with Gasteiger partial charge in [-0.3, -0.25) is 4.79 Å². The van der Waals surface area contributed by atoms with Crippen LogP contribution in [-0.4, -0.2) is 73.5 Å². The van der Waals surface area contributed by atoms with Gasteiger partial charge in [0.1, 0.15) is 0 Å². The molecule has 1 aromatic carbocycles. The third kappa shape index (κ3) is 4.14. The topological polar surface area (TPSA) is 61.8 Å². The van der Waals surface area contributed by atoms with Gasteiger partial charge in [0, 0.05) is 55.9 Å². The number of anilines is 2. The number of hydrogen-bond acceptors (Lipinski definition) is 6. The number of benzene rings is 1. The maximum atomic E-state index is 12.6. The summed E-state index contributed by atoms with van der Waals surface area (Å²) in [5.41, 5.74) is 1.74. The molecule has 7 nitrogen and oxygen atoms in total. The summed E-state index contributed by atoms with van der Waals surface area (Å²) in [6.45, 7) is 6.01. The minimum Gasteiger partial charge on any atom is -0.378 e.